The van der Waals surface area contributed by atoms with Crippen LogP contribution in [0.25, 0.3) is 0 Å². The first-order chi connectivity index (χ1) is 19.4. The average Bonchev–Trinajstić information content (AvgIpc) is 2.92. The Balaban J connectivity index is 0.000000262. The Morgan fingerprint density at radius 3 is 1.15 bits per heavy atom. The molecule has 0 aliphatic heterocycles. The molecule has 0 aliphatic carbocycles. The number of hydrogen-bond acceptors (Lipinski definition) is 4. The first-order valence-corrected chi connectivity index (χ1v) is 19.5. The summed E-state index contributed by atoms with van der Waals surface area (Å²) in [5.74, 6) is 0.629. The summed E-state index contributed by atoms with van der Waals surface area (Å²) in [6, 6.07) is 31.0. The molecule has 0 unspecified atom stereocenters. The quantitative estimate of drug-likeness (QED) is 0.213. The Kier molecular flexibility index (Phi) is 14.0. The molecule has 0 heterocycles. The Morgan fingerprint density at radius 2 is 0.854 bits per heavy atom. The molecule has 0 fully saturated rings. The van der Waals surface area contributed by atoms with Crippen LogP contribution < -0.4 is 0 Å². The molecule has 41 heavy (non-hydrogen) atoms. The molecule has 0 radical (unpaired) electrons. The van der Waals surface area contributed by atoms with Crippen molar-refractivity contribution in [3.05, 3.63) is 119 Å². The van der Waals surface area contributed by atoms with Gasteiger partial charge in [0.25, 0.3) is 0 Å². The van der Waals surface area contributed by atoms with Crippen LogP contribution in [0.1, 0.15) is 63.8 Å². The van der Waals surface area contributed by atoms with E-state index in [0.717, 1.165) is 33.6 Å². The van der Waals surface area contributed by atoms with Crippen LogP contribution in [0.4, 0.5) is 11.4 Å². The summed E-state index contributed by atoms with van der Waals surface area (Å²) in [7, 11) is 9.87. The minimum absolute atomic E-state index is 0.0827. The van der Waals surface area contributed by atoms with E-state index in [4.69, 9.17) is 17.0 Å². The standard InChI is InChI=1S/2C17H19NO.2ClH.Zr/c2*1-17(2,3)15-11-7-8-13(16(15)19)12-18-14-9-5-4-6-10-14;;;/h2*4-12,19H,1-3H3;2*1H;/q;;;;+2/p-2. The van der Waals surface area contributed by atoms with Gasteiger partial charge in [-0.15, -0.1) is 0 Å². The van der Waals surface area contributed by atoms with Gasteiger partial charge in [-0.1, -0.05) is 102 Å². The first-order valence-electron chi connectivity index (χ1n) is 13.2. The summed E-state index contributed by atoms with van der Waals surface area (Å²) in [5, 5.41) is 20.6. The van der Waals surface area contributed by atoms with Gasteiger partial charge in [-0.05, 0) is 58.4 Å². The van der Waals surface area contributed by atoms with Crippen LogP contribution in [-0.4, -0.2) is 22.6 Å². The number of aliphatic imine (C=N–C) groups is 2. The molecular weight excluding hydrogens is 631 g/mol. The summed E-state index contributed by atoms with van der Waals surface area (Å²) >= 11 is -0.826. The third-order valence-corrected chi connectivity index (χ3v) is 5.97. The van der Waals surface area contributed by atoms with Crippen molar-refractivity contribution in [3.63, 3.8) is 0 Å². The summed E-state index contributed by atoms with van der Waals surface area (Å²) in [4.78, 5) is 8.75. The van der Waals surface area contributed by atoms with Crippen molar-refractivity contribution in [3.8, 4) is 11.5 Å². The van der Waals surface area contributed by atoms with Gasteiger partial charge in [0.2, 0.25) is 0 Å². The predicted octanol–water partition coefficient (Wildman–Crippen LogP) is 10.3. The van der Waals surface area contributed by atoms with E-state index in [9.17, 15) is 10.2 Å². The van der Waals surface area contributed by atoms with Gasteiger partial charge in [-0.3, -0.25) is 9.98 Å². The number of aromatic hydroxyl groups is 2. The second-order valence-electron chi connectivity index (χ2n) is 11.2. The van der Waals surface area contributed by atoms with Crippen LogP contribution in [0.2, 0.25) is 0 Å². The van der Waals surface area contributed by atoms with Gasteiger partial charge >= 0.3 is 37.9 Å². The summed E-state index contributed by atoms with van der Waals surface area (Å²) < 4.78 is 0. The maximum atomic E-state index is 10.3. The summed E-state index contributed by atoms with van der Waals surface area (Å²) in [6.07, 6.45) is 3.42. The molecule has 4 rings (SSSR count). The topological polar surface area (TPSA) is 65.2 Å². The molecule has 0 spiro atoms. The molecule has 0 bridgehead atoms. The summed E-state index contributed by atoms with van der Waals surface area (Å²) in [5.41, 5.74) is 4.95. The van der Waals surface area contributed by atoms with Crippen molar-refractivity contribution in [1.82, 2.24) is 0 Å². The minimum atomic E-state index is -0.826. The van der Waals surface area contributed by atoms with Crippen molar-refractivity contribution in [2.45, 2.75) is 52.4 Å². The van der Waals surface area contributed by atoms with Gasteiger partial charge in [0.15, 0.2) is 0 Å². The van der Waals surface area contributed by atoms with Crippen molar-refractivity contribution in [2.75, 3.05) is 0 Å². The van der Waals surface area contributed by atoms with Crippen molar-refractivity contribution < 1.29 is 31.1 Å². The average molecular weight is 669 g/mol. The van der Waals surface area contributed by atoms with Crippen LogP contribution in [-0.2, 0) is 31.7 Å². The van der Waals surface area contributed by atoms with Crippen molar-refractivity contribution >= 4 is 40.8 Å². The van der Waals surface area contributed by atoms with Gasteiger partial charge in [0.05, 0.1) is 11.4 Å². The van der Waals surface area contributed by atoms with Crippen LogP contribution >= 0.6 is 17.0 Å². The van der Waals surface area contributed by atoms with E-state index in [-0.39, 0.29) is 10.8 Å². The monoisotopic (exact) mass is 666 g/mol. The van der Waals surface area contributed by atoms with E-state index in [0.29, 0.717) is 11.5 Å². The number of nitrogens with zero attached hydrogens (tertiary/aromatic N) is 2. The Morgan fingerprint density at radius 1 is 0.537 bits per heavy atom. The normalized spacial score (nSPS) is 11.4. The van der Waals surface area contributed by atoms with E-state index in [1.54, 1.807) is 12.4 Å². The fraction of sp³-hybridized carbons (Fsp3) is 0.235. The number of hydrogen-bond donors (Lipinski definition) is 2. The van der Waals surface area contributed by atoms with Gasteiger partial charge in [-0.2, -0.15) is 0 Å². The number of phenols is 2. The Labute approximate surface area is 263 Å². The molecule has 4 aromatic carbocycles. The Hall–Kier alpha value is -2.72. The van der Waals surface area contributed by atoms with E-state index in [2.05, 4.69) is 51.5 Å². The molecule has 2 N–H and O–H groups in total. The van der Waals surface area contributed by atoms with Gasteiger partial charge in [0.1, 0.15) is 11.5 Å². The molecule has 0 saturated heterocycles. The Bertz CT molecular complexity index is 1300. The van der Waals surface area contributed by atoms with E-state index in [1.165, 1.54) is 0 Å². The number of benzene rings is 4. The van der Waals surface area contributed by atoms with Crippen LogP contribution in [0.15, 0.2) is 107 Å². The van der Waals surface area contributed by atoms with E-state index >= 15 is 0 Å². The van der Waals surface area contributed by atoms with Crippen LogP contribution in [0.3, 0.4) is 0 Å². The maximum absolute atomic E-state index is 10.3. The third-order valence-electron chi connectivity index (χ3n) is 5.97. The van der Waals surface area contributed by atoms with Gasteiger partial charge in [-0.25, -0.2) is 0 Å². The number of phenolic OH excluding ortho intramolecular Hbond substituents is 2. The molecular formula is C34H38Cl2N2O2Zr. The molecule has 0 aromatic heterocycles. The second-order valence-corrected chi connectivity index (χ2v) is 15.0. The second kappa shape index (κ2) is 16.7. The SMILES string of the molecule is CC(C)(C)c1cccc(C=Nc2ccccc2)c1O.CC(C)(C)c1cccc(C=Nc2ccccc2)c1O.[Cl][Zr][Cl]. The molecule has 4 aromatic rings. The van der Waals surface area contributed by atoms with Gasteiger partial charge < -0.3 is 10.2 Å². The summed E-state index contributed by atoms with van der Waals surface area (Å²) in [6.45, 7) is 12.5. The third kappa shape index (κ3) is 11.6. The first kappa shape index (κ1) is 34.5. The molecule has 214 valence electrons. The molecule has 0 saturated carbocycles. The molecule has 0 atom stereocenters. The van der Waals surface area contributed by atoms with Crippen LogP contribution in [0.5, 0.6) is 11.5 Å². The zero-order valence-electron chi connectivity index (χ0n) is 24.4. The number of para-hydroxylation sites is 4. The zero-order valence-corrected chi connectivity index (χ0v) is 28.4. The predicted molar refractivity (Wildman–Crippen MR) is 173 cm³/mol. The fourth-order valence-electron chi connectivity index (χ4n) is 3.86. The molecule has 7 heteroatoms. The van der Waals surface area contributed by atoms with Crippen LogP contribution in [0, 0.1) is 0 Å². The van der Waals surface area contributed by atoms with Crippen molar-refractivity contribution in [2.24, 2.45) is 9.98 Å². The van der Waals surface area contributed by atoms with E-state index < -0.39 is 20.8 Å². The molecule has 0 amide bonds. The number of rotatable bonds is 4. The zero-order chi connectivity index (χ0) is 30.5. The number of halogens is 2. The molecule has 0 aliphatic rings. The fourth-order valence-corrected chi connectivity index (χ4v) is 3.86. The van der Waals surface area contributed by atoms with Crippen molar-refractivity contribution in [1.29, 1.82) is 0 Å². The molecule has 4 nitrogen and oxygen atoms in total. The van der Waals surface area contributed by atoms with E-state index in [1.807, 2.05) is 97.1 Å². The van der Waals surface area contributed by atoms with Gasteiger partial charge in [0, 0.05) is 23.6 Å².